The third-order valence-corrected chi connectivity index (χ3v) is 6.94. The molecule has 196 valence electrons. The number of amides is 1. The number of carbonyl (C=O) groups excluding carboxylic acids is 1. The highest BCUT2D eigenvalue weighted by atomic mass is 16.6. The number of likely N-dealkylation sites (tertiary alicyclic amines) is 1. The van der Waals surface area contributed by atoms with Gasteiger partial charge >= 0.3 is 6.09 Å². The summed E-state index contributed by atoms with van der Waals surface area (Å²) in [6.45, 7) is 1.31. The van der Waals surface area contributed by atoms with Crippen LogP contribution in [0, 0.1) is 0 Å². The summed E-state index contributed by atoms with van der Waals surface area (Å²) >= 11 is 0. The molecule has 39 heavy (non-hydrogen) atoms. The van der Waals surface area contributed by atoms with Gasteiger partial charge in [-0.2, -0.15) is 5.10 Å². The van der Waals surface area contributed by atoms with Crippen LogP contribution in [0.25, 0.3) is 22.2 Å². The Kier molecular flexibility index (Phi) is 6.82. The molecule has 3 aromatic carbocycles. The summed E-state index contributed by atoms with van der Waals surface area (Å²) in [5.41, 5.74) is 2.89. The van der Waals surface area contributed by atoms with Crippen LogP contribution in [0.15, 0.2) is 102 Å². The summed E-state index contributed by atoms with van der Waals surface area (Å²) in [5.74, 6) is 1.44. The predicted molar refractivity (Wildman–Crippen MR) is 149 cm³/mol. The largest absolute Gasteiger partial charge is 0.457 e. The van der Waals surface area contributed by atoms with Crippen molar-refractivity contribution in [3.8, 4) is 22.8 Å². The quantitative estimate of drug-likeness (QED) is 0.290. The van der Waals surface area contributed by atoms with Gasteiger partial charge < -0.3 is 19.4 Å². The van der Waals surface area contributed by atoms with E-state index in [0.717, 1.165) is 35.2 Å². The van der Waals surface area contributed by atoms with Crippen LogP contribution >= 0.6 is 0 Å². The Morgan fingerprint density at radius 2 is 1.64 bits per heavy atom. The van der Waals surface area contributed by atoms with Crippen molar-refractivity contribution in [1.29, 1.82) is 0 Å². The number of nitrogens with zero attached hydrogens (tertiary/aromatic N) is 3. The average Bonchev–Trinajstić information content (AvgIpc) is 3.38. The second-order valence-corrected chi connectivity index (χ2v) is 9.58. The molecule has 2 aromatic heterocycles. The zero-order chi connectivity index (χ0) is 26.6. The van der Waals surface area contributed by atoms with Gasteiger partial charge in [0, 0.05) is 24.8 Å². The lowest BCUT2D eigenvalue weighted by Crippen LogP contribution is -2.41. The van der Waals surface area contributed by atoms with Gasteiger partial charge in [0.25, 0.3) is 5.56 Å². The first kappa shape index (κ1) is 24.5. The maximum Gasteiger partial charge on any atom is 0.410 e. The smallest absolute Gasteiger partial charge is 0.410 e. The molecule has 0 radical (unpaired) electrons. The molecule has 8 nitrogen and oxygen atoms in total. The third-order valence-electron chi connectivity index (χ3n) is 6.94. The summed E-state index contributed by atoms with van der Waals surface area (Å²) in [7, 11) is 0. The number of aromatic amines is 1. The van der Waals surface area contributed by atoms with E-state index in [1.807, 2.05) is 95.7 Å². The van der Waals surface area contributed by atoms with Gasteiger partial charge in [0.05, 0.1) is 16.9 Å². The van der Waals surface area contributed by atoms with Crippen LogP contribution in [0.2, 0.25) is 0 Å². The van der Waals surface area contributed by atoms with Crippen molar-refractivity contribution in [3.63, 3.8) is 0 Å². The van der Waals surface area contributed by atoms with Crippen molar-refractivity contribution in [2.75, 3.05) is 13.1 Å². The molecular weight excluding hydrogens is 492 g/mol. The molecule has 1 amide bonds. The van der Waals surface area contributed by atoms with Crippen molar-refractivity contribution in [1.82, 2.24) is 19.7 Å². The zero-order valence-electron chi connectivity index (χ0n) is 21.3. The summed E-state index contributed by atoms with van der Waals surface area (Å²) in [5, 5.41) is 5.45. The third kappa shape index (κ3) is 5.27. The van der Waals surface area contributed by atoms with Gasteiger partial charge in [-0.1, -0.05) is 48.5 Å². The van der Waals surface area contributed by atoms with Crippen LogP contribution in [-0.2, 0) is 11.3 Å². The monoisotopic (exact) mass is 520 g/mol. The van der Waals surface area contributed by atoms with Crippen LogP contribution in [-0.4, -0.2) is 38.8 Å². The molecule has 1 atom stereocenters. The normalized spacial score (nSPS) is 15.3. The second-order valence-electron chi connectivity index (χ2n) is 9.58. The fourth-order valence-electron chi connectivity index (χ4n) is 5.02. The summed E-state index contributed by atoms with van der Waals surface area (Å²) < 4.78 is 13.4. The van der Waals surface area contributed by atoms with Gasteiger partial charge in [0.2, 0.25) is 0 Å². The molecule has 1 unspecified atom stereocenters. The lowest BCUT2D eigenvalue weighted by atomic mass is 10.1. The molecule has 1 fully saturated rings. The van der Waals surface area contributed by atoms with Gasteiger partial charge in [-0.3, -0.25) is 9.48 Å². The number of piperidine rings is 1. The Bertz CT molecular complexity index is 1630. The van der Waals surface area contributed by atoms with E-state index in [-0.39, 0.29) is 24.3 Å². The van der Waals surface area contributed by atoms with E-state index in [4.69, 9.17) is 14.6 Å². The Morgan fingerprint density at radius 1 is 0.923 bits per heavy atom. The van der Waals surface area contributed by atoms with E-state index in [1.54, 1.807) is 11.1 Å². The number of rotatable bonds is 6. The summed E-state index contributed by atoms with van der Waals surface area (Å²) in [4.78, 5) is 30.3. The molecule has 5 aromatic rings. The summed E-state index contributed by atoms with van der Waals surface area (Å²) in [6, 6.07) is 28.6. The average molecular weight is 521 g/mol. The Labute approximate surface area is 225 Å². The van der Waals surface area contributed by atoms with Gasteiger partial charge in [-0.25, -0.2) is 4.79 Å². The second kappa shape index (κ2) is 10.9. The molecule has 1 aliphatic heterocycles. The van der Waals surface area contributed by atoms with Crippen LogP contribution < -0.4 is 10.3 Å². The number of H-pyrrole nitrogens is 1. The van der Waals surface area contributed by atoms with Crippen LogP contribution in [0.4, 0.5) is 4.79 Å². The fraction of sp³-hybridized carbons (Fsp3) is 0.194. The van der Waals surface area contributed by atoms with E-state index >= 15 is 0 Å². The van der Waals surface area contributed by atoms with E-state index in [0.29, 0.717) is 29.9 Å². The number of pyridine rings is 1. The molecule has 1 saturated heterocycles. The van der Waals surface area contributed by atoms with Crippen molar-refractivity contribution in [3.05, 3.63) is 113 Å². The molecule has 0 saturated carbocycles. The molecule has 1 aliphatic rings. The van der Waals surface area contributed by atoms with Crippen molar-refractivity contribution in [2.45, 2.75) is 25.5 Å². The SMILES string of the molecule is O=C(OCc1ccccc1)N1CCCC(n2nc(-c3ccc(Oc4ccccc4)cc3)c3c(=O)[nH]ccc32)C1. The number of para-hydroxylation sites is 1. The highest BCUT2D eigenvalue weighted by Gasteiger charge is 2.29. The van der Waals surface area contributed by atoms with Crippen molar-refractivity contribution >= 4 is 17.0 Å². The number of fused-ring (bicyclic) bond motifs is 1. The lowest BCUT2D eigenvalue weighted by Gasteiger charge is -2.32. The van der Waals surface area contributed by atoms with Gasteiger partial charge in [-0.05, 0) is 60.9 Å². The predicted octanol–water partition coefficient (Wildman–Crippen LogP) is 6.16. The molecule has 0 aliphatic carbocycles. The Morgan fingerprint density at radius 3 is 2.41 bits per heavy atom. The van der Waals surface area contributed by atoms with Crippen LogP contribution in [0.5, 0.6) is 11.5 Å². The lowest BCUT2D eigenvalue weighted by molar-refractivity contribution is 0.0794. The van der Waals surface area contributed by atoms with Gasteiger partial charge in [-0.15, -0.1) is 0 Å². The minimum Gasteiger partial charge on any atom is -0.457 e. The number of aromatic nitrogens is 3. The van der Waals surface area contributed by atoms with E-state index in [2.05, 4.69) is 4.98 Å². The van der Waals surface area contributed by atoms with Gasteiger partial charge in [0.1, 0.15) is 23.8 Å². The number of benzene rings is 3. The van der Waals surface area contributed by atoms with Gasteiger partial charge in [0.15, 0.2) is 0 Å². The molecule has 3 heterocycles. The zero-order valence-corrected chi connectivity index (χ0v) is 21.3. The molecule has 0 bridgehead atoms. The summed E-state index contributed by atoms with van der Waals surface area (Å²) in [6.07, 6.45) is 2.95. The van der Waals surface area contributed by atoms with Crippen LogP contribution in [0.3, 0.4) is 0 Å². The fourth-order valence-corrected chi connectivity index (χ4v) is 5.02. The number of ether oxygens (including phenoxy) is 2. The number of carbonyl (C=O) groups is 1. The highest BCUT2D eigenvalue weighted by molar-refractivity contribution is 5.92. The van der Waals surface area contributed by atoms with Crippen molar-refractivity contribution in [2.24, 2.45) is 0 Å². The van der Waals surface area contributed by atoms with E-state index in [9.17, 15) is 9.59 Å². The number of nitrogens with one attached hydrogen (secondary N) is 1. The maximum atomic E-state index is 13.0. The highest BCUT2D eigenvalue weighted by Crippen LogP contribution is 2.32. The molecule has 1 N–H and O–H groups in total. The first-order chi connectivity index (χ1) is 19.2. The number of hydrogen-bond donors (Lipinski definition) is 1. The molecule has 8 heteroatoms. The standard InChI is InChI=1S/C31H28N4O4/c36-30-28-27(17-18-32-30)35(24-10-7-19-34(20-24)31(37)38-21-22-8-3-1-4-9-22)33-29(28)23-13-15-26(16-14-23)39-25-11-5-2-6-12-25/h1-6,8-9,11-18,24H,7,10,19-21H2,(H,32,36). The molecule has 0 spiro atoms. The molecular formula is C31H28N4O4. The van der Waals surface area contributed by atoms with E-state index in [1.165, 1.54) is 0 Å². The van der Waals surface area contributed by atoms with Crippen LogP contribution in [0.1, 0.15) is 24.4 Å². The molecule has 6 rings (SSSR count). The Hall–Kier alpha value is -4.85. The van der Waals surface area contributed by atoms with Crippen molar-refractivity contribution < 1.29 is 14.3 Å². The first-order valence-corrected chi connectivity index (χ1v) is 13.0. The van der Waals surface area contributed by atoms with E-state index < -0.39 is 0 Å². The number of hydrogen-bond acceptors (Lipinski definition) is 5. The Balaban J connectivity index is 1.24. The minimum atomic E-state index is -0.341. The maximum absolute atomic E-state index is 13.0. The first-order valence-electron chi connectivity index (χ1n) is 13.0. The topological polar surface area (TPSA) is 89.4 Å². The minimum absolute atomic E-state index is 0.0817.